The van der Waals surface area contributed by atoms with Crippen LogP contribution in [-0.4, -0.2) is 23.8 Å². The third-order valence-electron chi connectivity index (χ3n) is 5.07. The van der Waals surface area contributed by atoms with E-state index < -0.39 is 5.91 Å². The van der Waals surface area contributed by atoms with Crippen molar-refractivity contribution in [3.05, 3.63) is 125 Å². The van der Waals surface area contributed by atoms with Crippen molar-refractivity contribution in [3.63, 3.8) is 0 Å². The summed E-state index contributed by atoms with van der Waals surface area (Å²) in [6.07, 6.45) is 3.24. The van der Waals surface area contributed by atoms with E-state index in [2.05, 4.69) is 26.2 Å². The molecule has 174 valence electrons. The van der Waals surface area contributed by atoms with Crippen LogP contribution in [0.2, 0.25) is 0 Å². The van der Waals surface area contributed by atoms with Crippen molar-refractivity contribution < 1.29 is 14.3 Å². The molecule has 35 heavy (non-hydrogen) atoms. The fraction of sp³-hybridized carbons (Fsp3) is 0.0357. The van der Waals surface area contributed by atoms with Gasteiger partial charge in [0.2, 0.25) is 0 Å². The molecule has 0 unspecified atom stereocenters. The van der Waals surface area contributed by atoms with Crippen molar-refractivity contribution in [2.75, 3.05) is 11.9 Å². The monoisotopic (exact) mass is 527 g/mol. The lowest BCUT2D eigenvalue weighted by Gasteiger charge is -2.19. The number of rotatable bonds is 7. The number of nitrogens with zero attached hydrogens (tertiary/aromatic N) is 2. The molecule has 4 rings (SSSR count). The number of hydrogen-bond donors (Lipinski definition) is 1. The highest BCUT2D eigenvalue weighted by Gasteiger charge is 2.20. The zero-order valence-electron chi connectivity index (χ0n) is 18.9. The van der Waals surface area contributed by atoms with Gasteiger partial charge in [0.15, 0.2) is 0 Å². The molecule has 0 fully saturated rings. The number of para-hydroxylation sites is 1. The van der Waals surface area contributed by atoms with E-state index >= 15 is 0 Å². The van der Waals surface area contributed by atoms with Crippen LogP contribution in [0.5, 0.6) is 11.5 Å². The quantitative estimate of drug-likeness (QED) is 0.296. The second kappa shape index (κ2) is 11.3. The van der Waals surface area contributed by atoms with Gasteiger partial charge in [-0.1, -0.05) is 48.5 Å². The van der Waals surface area contributed by atoms with E-state index in [1.54, 1.807) is 73.9 Å². The van der Waals surface area contributed by atoms with Crippen LogP contribution in [0, 0.1) is 0 Å². The van der Waals surface area contributed by atoms with E-state index in [1.165, 1.54) is 4.90 Å². The topological polar surface area (TPSA) is 71.5 Å². The molecule has 3 aromatic carbocycles. The van der Waals surface area contributed by atoms with E-state index in [0.717, 1.165) is 10.0 Å². The van der Waals surface area contributed by atoms with Crippen LogP contribution in [0.3, 0.4) is 0 Å². The Labute approximate surface area is 212 Å². The van der Waals surface area contributed by atoms with Crippen molar-refractivity contribution in [1.29, 1.82) is 0 Å². The minimum Gasteiger partial charge on any atom is -0.456 e. The van der Waals surface area contributed by atoms with Crippen molar-refractivity contribution >= 4 is 39.6 Å². The average Bonchev–Trinajstić information content (AvgIpc) is 2.90. The van der Waals surface area contributed by atoms with Gasteiger partial charge >= 0.3 is 0 Å². The minimum atomic E-state index is -0.401. The van der Waals surface area contributed by atoms with Gasteiger partial charge in [-0.3, -0.25) is 14.5 Å². The van der Waals surface area contributed by atoms with Crippen LogP contribution in [0.1, 0.15) is 15.9 Å². The highest BCUT2D eigenvalue weighted by molar-refractivity contribution is 9.10. The summed E-state index contributed by atoms with van der Waals surface area (Å²) in [4.78, 5) is 31.8. The van der Waals surface area contributed by atoms with Crippen LogP contribution in [-0.2, 0) is 4.79 Å². The van der Waals surface area contributed by atoms with E-state index in [4.69, 9.17) is 4.74 Å². The number of aromatic nitrogens is 1. The summed E-state index contributed by atoms with van der Waals surface area (Å²) < 4.78 is 6.76. The number of benzene rings is 3. The third kappa shape index (κ3) is 6.22. The van der Waals surface area contributed by atoms with Gasteiger partial charge in [0.05, 0.1) is 4.47 Å². The molecule has 0 aliphatic rings. The molecule has 0 saturated heterocycles. The van der Waals surface area contributed by atoms with Crippen molar-refractivity contribution in [2.24, 2.45) is 0 Å². The van der Waals surface area contributed by atoms with Gasteiger partial charge in [0.25, 0.3) is 11.8 Å². The first-order valence-electron chi connectivity index (χ1n) is 10.8. The Morgan fingerprint density at radius 2 is 1.57 bits per heavy atom. The number of nitrogens with one attached hydrogen (secondary N) is 1. The number of anilines is 1. The smallest absolute Gasteiger partial charge is 0.275 e. The van der Waals surface area contributed by atoms with Gasteiger partial charge in [-0.2, -0.15) is 0 Å². The summed E-state index contributed by atoms with van der Waals surface area (Å²) in [5.74, 6) is 1.02. The Balaban J connectivity index is 1.60. The van der Waals surface area contributed by atoms with Crippen molar-refractivity contribution in [1.82, 2.24) is 10.3 Å². The van der Waals surface area contributed by atoms with Crippen molar-refractivity contribution in [3.8, 4) is 11.5 Å². The number of likely N-dealkylation sites (N-methyl/N-ethyl adjacent to an activating group) is 1. The zero-order chi connectivity index (χ0) is 24.6. The molecular weight excluding hydrogens is 506 g/mol. The minimum absolute atomic E-state index is 0.117. The fourth-order valence-electron chi connectivity index (χ4n) is 3.23. The fourth-order valence-corrected chi connectivity index (χ4v) is 3.59. The molecule has 0 radical (unpaired) electrons. The van der Waals surface area contributed by atoms with E-state index in [-0.39, 0.29) is 11.6 Å². The highest BCUT2D eigenvalue weighted by atomic mass is 79.9. The first-order valence-corrected chi connectivity index (χ1v) is 11.6. The largest absolute Gasteiger partial charge is 0.456 e. The second-order valence-corrected chi connectivity index (χ2v) is 8.39. The lowest BCUT2D eigenvalue weighted by molar-refractivity contribution is -0.115. The molecule has 6 nitrogen and oxygen atoms in total. The number of halogens is 1. The van der Waals surface area contributed by atoms with Gasteiger partial charge in [-0.25, -0.2) is 4.98 Å². The maximum absolute atomic E-state index is 13.3. The van der Waals surface area contributed by atoms with Crippen molar-refractivity contribution in [2.45, 2.75) is 0 Å². The van der Waals surface area contributed by atoms with Gasteiger partial charge in [-0.15, -0.1) is 0 Å². The normalized spacial score (nSPS) is 11.0. The molecule has 1 heterocycles. The molecule has 1 N–H and O–H groups in total. The molecule has 0 aliphatic carbocycles. The van der Waals surface area contributed by atoms with Crippen LogP contribution in [0.25, 0.3) is 6.08 Å². The molecule has 0 bridgehead atoms. The van der Waals surface area contributed by atoms with Gasteiger partial charge in [0, 0.05) is 18.8 Å². The summed E-state index contributed by atoms with van der Waals surface area (Å²) in [7, 11) is 1.61. The Morgan fingerprint density at radius 1 is 0.886 bits per heavy atom. The van der Waals surface area contributed by atoms with Crippen LogP contribution < -0.4 is 15.0 Å². The average molecular weight is 528 g/mol. The Morgan fingerprint density at radius 3 is 2.26 bits per heavy atom. The van der Waals surface area contributed by atoms with E-state index in [0.29, 0.717) is 22.9 Å². The standard InChI is InChI=1S/C28H22BrN3O3/c1-32(26-13-7-8-18-30-26)28(34)24(31-27(33)21-9-3-2-4-10-21)19-20-14-16-22(17-15-20)35-25-12-6-5-11-23(25)29/h2-19H,1H3,(H,31,33). The molecule has 1 aromatic heterocycles. The number of amides is 2. The molecule has 2 amide bonds. The second-order valence-electron chi connectivity index (χ2n) is 7.53. The van der Waals surface area contributed by atoms with Gasteiger partial charge < -0.3 is 10.1 Å². The molecular formula is C28H22BrN3O3. The zero-order valence-corrected chi connectivity index (χ0v) is 20.5. The summed E-state index contributed by atoms with van der Waals surface area (Å²) in [5.41, 5.74) is 1.28. The summed E-state index contributed by atoms with van der Waals surface area (Å²) in [5, 5.41) is 2.76. The molecule has 7 heteroatoms. The van der Waals surface area contributed by atoms with Crippen LogP contribution in [0.15, 0.2) is 113 Å². The molecule has 0 spiro atoms. The Bertz CT molecular complexity index is 1340. The molecule has 4 aromatic rings. The maximum atomic E-state index is 13.3. The lowest BCUT2D eigenvalue weighted by atomic mass is 10.1. The summed E-state index contributed by atoms with van der Waals surface area (Å²) in [6, 6.07) is 28.8. The summed E-state index contributed by atoms with van der Waals surface area (Å²) in [6.45, 7) is 0. The molecule has 0 atom stereocenters. The number of hydrogen-bond acceptors (Lipinski definition) is 4. The number of carbonyl (C=O) groups excluding carboxylic acids is 2. The SMILES string of the molecule is CN(C(=O)C(=Cc1ccc(Oc2ccccc2Br)cc1)NC(=O)c1ccccc1)c1ccccn1. The van der Waals surface area contributed by atoms with E-state index in [1.807, 2.05) is 42.5 Å². The maximum Gasteiger partial charge on any atom is 0.275 e. The lowest BCUT2D eigenvalue weighted by Crippen LogP contribution is -2.36. The predicted octanol–water partition coefficient (Wildman–Crippen LogP) is 6.07. The Kier molecular flexibility index (Phi) is 7.70. The number of ether oxygens (including phenoxy) is 1. The summed E-state index contributed by atoms with van der Waals surface area (Å²) >= 11 is 3.47. The van der Waals surface area contributed by atoms with Gasteiger partial charge in [-0.05, 0) is 76.1 Å². The van der Waals surface area contributed by atoms with Crippen LogP contribution in [0.4, 0.5) is 5.82 Å². The number of pyridine rings is 1. The first kappa shape index (κ1) is 23.9. The van der Waals surface area contributed by atoms with Crippen LogP contribution >= 0.6 is 15.9 Å². The number of carbonyl (C=O) groups is 2. The predicted molar refractivity (Wildman–Crippen MR) is 140 cm³/mol. The molecule has 0 aliphatic heterocycles. The first-order chi connectivity index (χ1) is 17.0. The van der Waals surface area contributed by atoms with E-state index in [9.17, 15) is 9.59 Å². The van der Waals surface area contributed by atoms with Gasteiger partial charge in [0.1, 0.15) is 23.0 Å². The third-order valence-corrected chi connectivity index (χ3v) is 5.72. The molecule has 0 saturated carbocycles. The Hall–Kier alpha value is -4.23. The highest BCUT2D eigenvalue weighted by Crippen LogP contribution is 2.29.